The van der Waals surface area contributed by atoms with Crippen LogP contribution in [0.15, 0.2) is 54.6 Å². The van der Waals surface area contributed by atoms with Gasteiger partial charge in [0.25, 0.3) is 0 Å². The zero-order valence-electron chi connectivity index (χ0n) is 11.7. The third kappa shape index (κ3) is 3.73. The van der Waals surface area contributed by atoms with Crippen molar-refractivity contribution in [1.82, 2.24) is 0 Å². The van der Waals surface area contributed by atoms with Gasteiger partial charge in [-0.2, -0.15) is 10.5 Å². The predicted octanol–water partition coefficient (Wildman–Crippen LogP) is 4.36. The molecule has 0 fully saturated rings. The van der Waals surface area contributed by atoms with E-state index in [1.54, 1.807) is 48.5 Å². The van der Waals surface area contributed by atoms with E-state index in [-0.39, 0.29) is 12.2 Å². The van der Waals surface area contributed by atoms with E-state index in [1.807, 2.05) is 18.2 Å². The number of halogens is 1. The minimum atomic E-state index is -0.881. The average molecular weight is 309 g/mol. The molecule has 0 unspecified atom stereocenters. The molecule has 0 bridgehead atoms. The summed E-state index contributed by atoms with van der Waals surface area (Å²) in [6.07, 6.45) is 0.109. The molecule has 108 valence electrons. The van der Waals surface area contributed by atoms with Gasteiger partial charge in [0.1, 0.15) is 5.92 Å². The van der Waals surface area contributed by atoms with Crippen LogP contribution in [0.25, 0.3) is 0 Å². The second kappa shape index (κ2) is 7.41. The molecule has 0 saturated heterocycles. The molecular formula is C18H13ClN2O. The number of nitrogens with zero attached hydrogens (tertiary/aromatic N) is 2. The highest BCUT2D eigenvalue weighted by Gasteiger charge is 2.26. The lowest BCUT2D eigenvalue weighted by molar-refractivity contribution is 0.0971. The molecule has 0 N–H and O–H groups in total. The standard InChI is InChI=1S/C18H13ClN2O/c19-16-8-6-13(7-9-16)17(15(11-20)12-21)10-18(22)14-4-2-1-3-5-14/h1-9,15,17H,10H2/t17-/m1/s1. The Kier molecular flexibility index (Phi) is 5.31. The summed E-state index contributed by atoms with van der Waals surface area (Å²) in [5.74, 6) is -1.44. The van der Waals surface area contributed by atoms with Gasteiger partial charge in [-0.3, -0.25) is 4.79 Å². The number of carbonyl (C=O) groups excluding carboxylic acids is 1. The zero-order chi connectivity index (χ0) is 15.9. The third-order valence-electron chi connectivity index (χ3n) is 3.48. The van der Waals surface area contributed by atoms with Gasteiger partial charge in [0.05, 0.1) is 12.1 Å². The molecule has 22 heavy (non-hydrogen) atoms. The Labute approximate surface area is 134 Å². The molecule has 0 spiro atoms. The highest BCUT2D eigenvalue weighted by Crippen LogP contribution is 2.30. The van der Waals surface area contributed by atoms with Crippen molar-refractivity contribution in [3.05, 3.63) is 70.7 Å². The molecular weight excluding hydrogens is 296 g/mol. The number of ketones is 1. The van der Waals surface area contributed by atoms with E-state index >= 15 is 0 Å². The van der Waals surface area contributed by atoms with Gasteiger partial charge in [0.2, 0.25) is 0 Å². The lowest BCUT2D eigenvalue weighted by Crippen LogP contribution is -2.15. The van der Waals surface area contributed by atoms with Crippen LogP contribution in [0.1, 0.15) is 28.3 Å². The molecule has 0 aliphatic rings. The summed E-state index contributed by atoms with van der Waals surface area (Å²) in [5, 5.41) is 18.9. The quantitative estimate of drug-likeness (QED) is 0.771. The second-order valence-electron chi connectivity index (χ2n) is 4.89. The first-order chi connectivity index (χ1) is 10.7. The maximum atomic E-state index is 12.4. The second-order valence-corrected chi connectivity index (χ2v) is 5.32. The van der Waals surface area contributed by atoms with Gasteiger partial charge in [-0.05, 0) is 17.7 Å². The molecule has 0 aliphatic carbocycles. The number of carbonyl (C=O) groups is 1. The molecule has 0 aromatic heterocycles. The van der Waals surface area contributed by atoms with Gasteiger partial charge in [-0.15, -0.1) is 0 Å². The van der Waals surface area contributed by atoms with Gasteiger partial charge in [0.15, 0.2) is 5.78 Å². The van der Waals surface area contributed by atoms with E-state index in [2.05, 4.69) is 0 Å². The average Bonchev–Trinajstić information content (AvgIpc) is 2.56. The van der Waals surface area contributed by atoms with Crippen molar-refractivity contribution >= 4 is 17.4 Å². The van der Waals surface area contributed by atoms with E-state index in [9.17, 15) is 15.3 Å². The van der Waals surface area contributed by atoms with Crippen molar-refractivity contribution in [3.8, 4) is 12.1 Å². The Morgan fingerprint density at radius 3 is 2.14 bits per heavy atom. The fraction of sp³-hybridized carbons (Fsp3) is 0.167. The van der Waals surface area contributed by atoms with Crippen LogP contribution < -0.4 is 0 Å². The summed E-state index contributed by atoms with van der Waals surface area (Å²) >= 11 is 5.87. The molecule has 0 radical (unpaired) electrons. The molecule has 3 nitrogen and oxygen atoms in total. The number of nitriles is 2. The van der Waals surface area contributed by atoms with Crippen molar-refractivity contribution in [3.63, 3.8) is 0 Å². The van der Waals surface area contributed by atoms with Crippen molar-refractivity contribution in [2.75, 3.05) is 0 Å². The highest BCUT2D eigenvalue weighted by molar-refractivity contribution is 6.30. The summed E-state index contributed by atoms with van der Waals surface area (Å²) in [7, 11) is 0. The van der Waals surface area contributed by atoms with Crippen LogP contribution >= 0.6 is 11.6 Å². The number of Topliss-reactive ketones (excluding diaryl/α,β-unsaturated/α-hetero) is 1. The fourth-order valence-corrected chi connectivity index (χ4v) is 2.41. The van der Waals surface area contributed by atoms with Gasteiger partial charge >= 0.3 is 0 Å². The highest BCUT2D eigenvalue weighted by atomic mass is 35.5. The van der Waals surface area contributed by atoms with E-state index in [0.29, 0.717) is 10.6 Å². The monoisotopic (exact) mass is 308 g/mol. The topological polar surface area (TPSA) is 64.7 Å². The van der Waals surface area contributed by atoms with Gasteiger partial charge in [-0.1, -0.05) is 54.1 Å². The Hall–Kier alpha value is -2.62. The van der Waals surface area contributed by atoms with Gasteiger partial charge < -0.3 is 0 Å². The maximum absolute atomic E-state index is 12.4. The molecule has 0 amide bonds. The zero-order valence-corrected chi connectivity index (χ0v) is 12.5. The van der Waals surface area contributed by atoms with Crippen molar-refractivity contribution in [1.29, 1.82) is 10.5 Å². The normalized spacial score (nSPS) is 11.5. The van der Waals surface area contributed by atoms with Crippen LogP contribution in [-0.2, 0) is 0 Å². The van der Waals surface area contributed by atoms with E-state index < -0.39 is 11.8 Å². The smallest absolute Gasteiger partial charge is 0.163 e. The molecule has 2 aromatic carbocycles. The van der Waals surface area contributed by atoms with Crippen molar-refractivity contribution < 1.29 is 4.79 Å². The Balaban J connectivity index is 2.30. The number of hydrogen-bond acceptors (Lipinski definition) is 3. The van der Waals surface area contributed by atoms with Crippen LogP contribution in [0.3, 0.4) is 0 Å². The van der Waals surface area contributed by atoms with Crippen LogP contribution in [0.5, 0.6) is 0 Å². The summed E-state index contributed by atoms with van der Waals surface area (Å²) in [6.45, 7) is 0. The van der Waals surface area contributed by atoms with Crippen molar-refractivity contribution in [2.45, 2.75) is 12.3 Å². The summed E-state index contributed by atoms with van der Waals surface area (Å²) in [4.78, 5) is 12.4. The Bertz CT molecular complexity index is 712. The molecule has 2 rings (SSSR count). The third-order valence-corrected chi connectivity index (χ3v) is 3.73. The number of rotatable bonds is 5. The summed E-state index contributed by atoms with van der Waals surface area (Å²) < 4.78 is 0. The van der Waals surface area contributed by atoms with Gasteiger partial charge in [-0.25, -0.2) is 0 Å². The first kappa shape index (κ1) is 15.8. The van der Waals surface area contributed by atoms with E-state index in [1.165, 1.54) is 0 Å². The maximum Gasteiger partial charge on any atom is 0.163 e. The largest absolute Gasteiger partial charge is 0.294 e. The first-order valence-electron chi connectivity index (χ1n) is 6.78. The molecule has 4 heteroatoms. The van der Waals surface area contributed by atoms with Crippen LogP contribution in [0.2, 0.25) is 5.02 Å². The number of hydrogen-bond donors (Lipinski definition) is 0. The van der Waals surface area contributed by atoms with E-state index in [0.717, 1.165) is 5.56 Å². The van der Waals surface area contributed by atoms with E-state index in [4.69, 9.17) is 11.6 Å². The minimum Gasteiger partial charge on any atom is -0.294 e. The summed E-state index contributed by atoms with van der Waals surface area (Å²) in [6, 6.07) is 19.7. The minimum absolute atomic E-state index is 0.0870. The molecule has 0 aliphatic heterocycles. The Morgan fingerprint density at radius 1 is 1.00 bits per heavy atom. The lowest BCUT2D eigenvalue weighted by atomic mass is 9.83. The molecule has 0 heterocycles. The first-order valence-corrected chi connectivity index (χ1v) is 7.16. The SMILES string of the molecule is N#CC(C#N)[C@H](CC(=O)c1ccccc1)c1ccc(Cl)cc1. The predicted molar refractivity (Wildman–Crippen MR) is 84.3 cm³/mol. The lowest BCUT2D eigenvalue weighted by Gasteiger charge is -2.17. The fourth-order valence-electron chi connectivity index (χ4n) is 2.29. The van der Waals surface area contributed by atoms with Crippen LogP contribution in [-0.4, -0.2) is 5.78 Å². The van der Waals surface area contributed by atoms with Crippen LogP contribution in [0.4, 0.5) is 0 Å². The molecule has 2 aromatic rings. The number of benzene rings is 2. The Morgan fingerprint density at radius 2 is 1.59 bits per heavy atom. The molecule has 0 saturated carbocycles. The summed E-state index contributed by atoms with van der Waals surface area (Å²) in [5.41, 5.74) is 1.35. The van der Waals surface area contributed by atoms with Crippen molar-refractivity contribution in [2.24, 2.45) is 5.92 Å². The van der Waals surface area contributed by atoms with Gasteiger partial charge in [0, 0.05) is 22.9 Å². The molecule has 1 atom stereocenters. The van der Waals surface area contributed by atoms with Crippen LogP contribution in [0, 0.1) is 28.6 Å².